The molecule has 0 saturated carbocycles. The first-order valence-electron chi connectivity index (χ1n) is 30.3. The summed E-state index contributed by atoms with van der Waals surface area (Å²) in [5.74, 6) is -1.05. The molecular weight excluding hydrogens is 949 g/mol. The van der Waals surface area contributed by atoms with Crippen molar-refractivity contribution in [3.63, 3.8) is 0 Å². The number of unbranched alkanes of at least 4 members (excludes halogenated alkanes) is 11. The molecular formula is C71H108O6. The molecule has 0 aromatic carbocycles. The molecule has 0 heterocycles. The van der Waals surface area contributed by atoms with Gasteiger partial charge in [-0.05, 0) is 141 Å². The van der Waals surface area contributed by atoms with Gasteiger partial charge in [0.1, 0.15) is 13.2 Å². The van der Waals surface area contributed by atoms with Crippen LogP contribution in [0.2, 0.25) is 0 Å². The standard InChI is InChI=1S/C71H108O6/c1-4-7-10-13-16-19-22-25-27-29-30-31-32-33-34-35-36-37-38-39-40-42-43-46-49-52-55-58-61-64-70(73)76-67-68(66-75-69(72)63-60-57-54-51-48-45-24-21-18-15-12-9-6-3)77-71(74)65-62-59-56-53-50-47-44-41-28-26-23-20-17-14-11-8-5-2/h7-12,16-21,25-28,30-31,33-34,36-37,39-40,43,45-46,48,54,57,68H,4-6,13-15,22-24,29,32,35,38,41-42,44,47,49-53,55-56,58-67H2,1-3H3/b10-7-,11-8-,12-9-,19-16-,20-17-,21-18-,27-25-,28-26-,31-30-,34-33-,37-36-,40-39-,46-43-,48-45-,57-54-. The zero-order valence-corrected chi connectivity index (χ0v) is 48.9. The summed E-state index contributed by atoms with van der Waals surface area (Å²) < 4.78 is 16.8. The Morgan fingerprint density at radius 3 is 0.805 bits per heavy atom. The molecule has 428 valence electrons. The topological polar surface area (TPSA) is 78.9 Å². The van der Waals surface area contributed by atoms with Gasteiger partial charge in [-0.1, -0.05) is 248 Å². The van der Waals surface area contributed by atoms with Gasteiger partial charge in [-0.2, -0.15) is 0 Å². The maximum atomic E-state index is 12.9. The predicted octanol–water partition coefficient (Wildman–Crippen LogP) is 20.9. The van der Waals surface area contributed by atoms with Crippen LogP contribution in [-0.4, -0.2) is 37.2 Å². The Balaban J connectivity index is 4.47. The lowest BCUT2D eigenvalue weighted by Gasteiger charge is -2.18. The Bertz CT molecular complexity index is 1840. The third-order valence-corrected chi connectivity index (χ3v) is 11.9. The van der Waals surface area contributed by atoms with Crippen LogP contribution < -0.4 is 0 Å². The number of ether oxygens (including phenoxy) is 3. The summed E-state index contributed by atoms with van der Waals surface area (Å²) in [5, 5.41) is 0. The van der Waals surface area contributed by atoms with Crippen LogP contribution in [0.3, 0.4) is 0 Å². The van der Waals surface area contributed by atoms with Crippen molar-refractivity contribution in [3.8, 4) is 0 Å². The molecule has 0 saturated heterocycles. The maximum absolute atomic E-state index is 12.9. The van der Waals surface area contributed by atoms with Crippen LogP contribution in [0, 0.1) is 0 Å². The second-order valence-corrected chi connectivity index (χ2v) is 19.1. The monoisotopic (exact) mass is 1060 g/mol. The van der Waals surface area contributed by atoms with Crippen LogP contribution in [0.15, 0.2) is 182 Å². The number of hydrogen-bond acceptors (Lipinski definition) is 6. The van der Waals surface area contributed by atoms with Gasteiger partial charge in [0.15, 0.2) is 6.10 Å². The molecule has 6 heteroatoms. The molecule has 77 heavy (non-hydrogen) atoms. The lowest BCUT2D eigenvalue weighted by molar-refractivity contribution is -0.166. The van der Waals surface area contributed by atoms with E-state index in [9.17, 15) is 14.4 Å². The highest BCUT2D eigenvalue weighted by Gasteiger charge is 2.19. The number of carbonyl (C=O) groups excluding carboxylic acids is 3. The van der Waals surface area contributed by atoms with Crippen molar-refractivity contribution in [1.29, 1.82) is 0 Å². The molecule has 0 rings (SSSR count). The highest BCUT2D eigenvalue weighted by molar-refractivity contribution is 5.71. The van der Waals surface area contributed by atoms with Crippen LogP contribution in [0.5, 0.6) is 0 Å². The average Bonchev–Trinajstić information content (AvgIpc) is 3.43. The first kappa shape index (κ1) is 71.5. The van der Waals surface area contributed by atoms with E-state index < -0.39 is 6.10 Å². The Morgan fingerprint density at radius 2 is 0.494 bits per heavy atom. The van der Waals surface area contributed by atoms with Gasteiger partial charge in [0.25, 0.3) is 0 Å². The summed E-state index contributed by atoms with van der Waals surface area (Å²) in [7, 11) is 0. The molecule has 0 aliphatic rings. The van der Waals surface area contributed by atoms with Crippen molar-refractivity contribution in [2.75, 3.05) is 13.2 Å². The highest BCUT2D eigenvalue weighted by atomic mass is 16.6. The van der Waals surface area contributed by atoms with Crippen molar-refractivity contribution in [2.24, 2.45) is 0 Å². The predicted molar refractivity (Wildman–Crippen MR) is 334 cm³/mol. The Hall–Kier alpha value is -5.49. The Kier molecular flexibility index (Phi) is 58.6. The van der Waals surface area contributed by atoms with Gasteiger partial charge in [0.05, 0.1) is 0 Å². The molecule has 0 fully saturated rings. The second-order valence-electron chi connectivity index (χ2n) is 19.1. The van der Waals surface area contributed by atoms with Crippen molar-refractivity contribution < 1.29 is 28.6 Å². The average molecular weight is 1060 g/mol. The summed E-state index contributed by atoms with van der Waals surface area (Å²) >= 11 is 0. The van der Waals surface area contributed by atoms with Crippen molar-refractivity contribution >= 4 is 17.9 Å². The fraction of sp³-hybridized carbons (Fsp3) is 0.535. The number of hydrogen-bond donors (Lipinski definition) is 0. The van der Waals surface area contributed by atoms with Gasteiger partial charge in [-0.25, -0.2) is 0 Å². The van der Waals surface area contributed by atoms with Gasteiger partial charge in [0.2, 0.25) is 0 Å². The zero-order chi connectivity index (χ0) is 55.7. The fourth-order valence-corrected chi connectivity index (χ4v) is 7.48. The van der Waals surface area contributed by atoms with Crippen LogP contribution in [0.4, 0.5) is 0 Å². The molecule has 0 radical (unpaired) electrons. The number of esters is 3. The molecule has 0 N–H and O–H groups in total. The van der Waals surface area contributed by atoms with Crippen LogP contribution >= 0.6 is 0 Å². The van der Waals surface area contributed by atoms with Crippen LogP contribution in [0.25, 0.3) is 0 Å². The molecule has 0 aliphatic heterocycles. The van der Waals surface area contributed by atoms with Gasteiger partial charge in [0, 0.05) is 19.3 Å². The molecule has 1 atom stereocenters. The molecule has 0 spiro atoms. The van der Waals surface area contributed by atoms with E-state index in [2.05, 4.69) is 191 Å². The van der Waals surface area contributed by atoms with E-state index in [1.54, 1.807) is 0 Å². The lowest BCUT2D eigenvalue weighted by atomic mass is 10.1. The summed E-state index contributed by atoms with van der Waals surface area (Å²) in [6.45, 7) is 6.18. The quantitative estimate of drug-likeness (QED) is 0.0261. The second kappa shape index (κ2) is 63.0. The van der Waals surface area contributed by atoms with E-state index in [1.165, 1.54) is 19.3 Å². The molecule has 1 unspecified atom stereocenters. The fourth-order valence-electron chi connectivity index (χ4n) is 7.48. The highest BCUT2D eigenvalue weighted by Crippen LogP contribution is 2.13. The normalized spacial score (nSPS) is 13.4. The van der Waals surface area contributed by atoms with Crippen LogP contribution in [-0.2, 0) is 28.6 Å². The molecule has 0 aromatic rings. The minimum atomic E-state index is -0.834. The maximum Gasteiger partial charge on any atom is 0.306 e. The van der Waals surface area contributed by atoms with E-state index in [1.807, 2.05) is 12.2 Å². The summed E-state index contributed by atoms with van der Waals surface area (Å²) in [6.07, 6.45) is 94.8. The lowest BCUT2D eigenvalue weighted by Crippen LogP contribution is -2.30. The summed E-state index contributed by atoms with van der Waals surface area (Å²) in [6, 6.07) is 0. The number of carbonyl (C=O) groups is 3. The number of rotatable bonds is 52. The van der Waals surface area contributed by atoms with E-state index in [0.29, 0.717) is 12.8 Å². The SMILES string of the molecule is CC/C=C\C/C=C\C/C=C\C/C=C\C/C=C\C/C=C\C/C=C\C/C=C\CCCCCCC(=O)OCC(COC(=O)CC/C=C\C/C=C\C/C=C\C/C=C\CC)OC(=O)CCCCCCCCC/C=C\C/C=C\C/C=C\CC. The first-order valence-corrected chi connectivity index (χ1v) is 30.3. The summed E-state index contributed by atoms with van der Waals surface area (Å²) in [5.41, 5.74) is 0. The van der Waals surface area contributed by atoms with Gasteiger partial charge in [-0.15, -0.1) is 0 Å². The Morgan fingerprint density at radius 1 is 0.260 bits per heavy atom. The van der Waals surface area contributed by atoms with Gasteiger partial charge >= 0.3 is 17.9 Å². The van der Waals surface area contributed by atoms with E-state index in [4.69, 9.17) is 14.2 Å². The van der Waals surface area contributed by atoms with Gasteiger partial charge < -0.3 is 14.2 Å². The largest absolute Gasteiger partial charge is 0.462 e. The summed E-state index contributed by atoms with van der Waals surface area (Å²) in [4.78, 5) is 38.2. The minimum absolute atomic E-state index is 0.127. The zero-order valence-electron chi connectivity index (χ0n) is 48.9. The van der Waals surface area contributed by atoms with Crippen molar-refractivity contribution in [2.45, 2.75) is 232 Å². The van der Waals surface area contributed by atoms with Crippen molar-refractivity contribution in [3.05, 3.63) is 182 Å². The molecule has 0 bridgehead atoms. The Labute approximate surface area is 472 Å². The molecule has 0 aromatic heterocycles. The van der Waals surface area contributed by atoms with Gasteiger partial charge in [-0.3, -0.25) is 14.4 Å². The molecule has 0 aliphatic carbocycles. The molecule has 6 nitrogen and oxygen atoms in total. The smallest absolute Gasteiger partial charge is 0.306 e. The third kappa shape index (κ3) is 61.2. The first-order chi connectivity index (χ1) is 38.0. The minimum Gasteiger partial charge on any atom is -0.462 e. The molecule has 0 amide bonds. The van der Waals surface area contributed by atoms with E-state index >= 15 is 0 Å². The van der Waals surface area contributed by atoms with Crippen molar-refractivity contribution in [1.82, 2.24) is 0 Å². The van der Waals surface area contributed by atoms with E-state index in [0.717, 1.165) is 161 Å². The number of allylic oxidation sites excluding steroid dienone is 30. The third-order valence-electron chi connectivity index (χ3n) is 11.9. The van der Waals surface area contributed by atoms with Crippen LogP contribution in [0.1, 0.15) is 226 Å². The van der Waals surface area contributed by atoms with E-state index in [-0.39, 0.29) is 44.0 Å².